The van der Waals surface area contributed by atoms with Crippen LogP contribution in [0.4, 0.5) is 0 Å². The summed E-state index contributed by atoms with van der Waals surface area (Å²) in [5, 5.41) is 8.65. The molecule has 0 aromatic carbocycles. The van der Waals surface area contributed by atoms with Crippen LogP contribution in [0.3, 0.4) is 0 Å². The van der Waals surface area contributed by atoms with Crippen LogP contribution in [0.2, 0.25) is 0 Å². The molecule has 13 heavy (non-hydrogen) atoms. The molecule has 0 radical (unpaired) electrons. The van der Waals surface area contributed by atoms with Crippen molar-refractivity contribution in [2.24, 2.45) is 0 Å². The van der Waals surface area contributed by atoms with Crippen molar-refractivity contribution in [2.75, 3.05) is 13.7 Å². The van der Waals surface area contributed by atoms with E-state index < -0.39 is 5.97 Å². The molecule has 1 aromatic heterocycles. The van der Waals surface area contributed by atoms with E-state index in [9.17, 15) is 4.79 Å². The van der Waals surface area contributed by atoms with Gasteiger partial charge in [0.25, 0.3) is 0 Å². The number of hydrogen-bond donors (Lipinski definition) is 1. The van der Waals surface area contributed by atoms with Gasteiger partial charge in [-0.1, -0.05) is 0 Å². The Balaban J connectivity index is 2.76. The standard InChI is InChI=1S/C8H11NO4/c1-5-7(8(10)11)9-6(13-5)3-4-12-2/h3-4H2,1-2H3,(H,10,11). The van der Waals surface area contributed by atoms with Crippen LogP contribution in [0, 0.1) is 6.92 Å². The summed E-state index contributed by atoms with van der Waals surface area (Å²) in [7, 11) is 1.56. The first-order valence-corrected chi connectivity index (χ1v) is 3.83. The Bertz CT molecular complexity index is 305. The smallest absolute Gasteiger partial charge is 0.358 e. The third-order valence-electron chi connectivity index (χ3n) is 1.56. The molecule has 0 saturated carbocycles. The number of carbonyl (C=O) groups is 1. The molecule has 5 heteroatoms. The maximum atomic E-state index is 10.6. The van der Waals surface area contributed by atoms with Crippen molar-refractivity contribution in [3.8, 4) is 0 Å². The molecule has 0 aliphatic rings. The van der Waals surface area contributed by atoms with Crippen molar-refractivity contribution in [3.05, 3.63) is 17.3 Å². The van der Waals surface area contributed by atoms with E-state index in [0.717, 1.165) is 0 Å². The largest absolute Gasteiger partial charge is 0.476 e. The van der Waals surface area contributed by atoms with Crippen molar-refractivity contribution in [1.29, 1.82) is 0 Å². The molecule has 0 unspecified atom stereocenters. The molecule has 0 fully saturated rings. The summed E-state index contributed by atoms with van der Waals surface area (Å²) in [6.45, 7) is 2.05. The first-order valence-electron chi connectivity index (χ1n) is 3.83. The Morgan fingerprint density at radius 3 is 2.85 bits per heavy atom. The molecule has 0 spiro atoms. The highest BCUT2D eigenvalue weighted by atomic mass is 16.5. The number of carboxylic acids is 1. The maximum Gasteiger partial charge on any atom is 0.358 e. The van der Waals surface area contributed by atoms with Crippen LogP contribution in [0.1, 0.15) is 22.1 Å². The van der Waals surface area contributed by atoms with Crippen molar-refractivity contribution >= 4 is 5.97 Å². The van der Waals surface area contributed by atoms with E-state index in [-0.39, 0.29) is 5.69 Å². The molecule has 5 nitrogen and oxygen atoms in total. The molecule has 72 valence electrons. The summed E-state index contributed by atoms with van der Waals surface area (Å²) in [5.41, 5.74) is -0.0221. The van der Waals surface area contributed by atoms with E-state index in [1.807, 2.05) is 0 Å². The Kier molecular flexibility index (Phi) is 3.02. The minimum absolute atomic E-state index is 0.0221. The van der Waals surface area contributed by atoms with Gasteiger partial charge in [0.15, 0.2) is 11.6 Å². The summed E-state index contributed by atoms with van der Waals surface area (Å²) < 4.78 is 9.91. The lowest BCUT2D eigenvalue weighted by Crippen LogP contribution is -2.00. The van der Waals surface area contributed by atoms with E-state index >= 15 is 0 Å². The lowest BCUT2D eigenvalue weighted by atomic mass is 10.4. The molecule has 1 heterocycles. The molecular formula is C8H11NO4. The van der Waals surface area contributed by atoms with Gasteiger partial charge in [0.1, 0.15) is 5.76 Å². The first kappa shape index (κ1) is 9.73. The SMILES string of the molecule is COCCc1nc(C(=O)O)c(C)o1. The summed E-state index contributed by atoms with van der Waals surface area (Å²) in [6, 6.07) is 0. The van der Waals surface area contributed by atoms with Crippen LogP contribution in [-0.4, -0.2) is 29.8 Å². The van der Waals surface area contributed by atoms with Crippen LogP contribution in [-0.2, 0) is 11.2 Å². The first-order chi connectivity index (χ1) is 6.15. The number of aromatic carboxylic acids is 1. The monoisotopic (exact) mass is 185 g/mol. The summed E-state index contributed by atoms with van der Waals surface area (Å²) in [5.74, 6) is -0.333. The van der Waals surface area contributed by atoms with Crippen LogP contribution < -0.4 is 0 Å². The van der Waals surface area contributed by atoms with Crippen molar-refractivity contribution < 1.29 is 19.1 Å². The number of aromatic nitrogens is 1. The van der Waals surface area contributed by atoms with Gasteiger partial charge in [-0.3, -0.25) is 0 Å². The van der Waals surface area contributed by atoms with E-state index in [0.29, 0.717) is 24.7 Å². The number of methoxy groups -OCH3 is 1. The molecule has 1 rings (SSSR count). The Hall–Kier alpha value is -1.36. The Morgan fingerprint density at radius 2 is 2.38 bits per heavy atom. The second-order valence-electron chi connectivity index (χ2n) is 2.56. The van der Waals surface area contributed by atoms with Gasteiger partial charge >= 0.3 is 5.97 Å². The van der Waals surface area contributed by atoms with E-state index in [4.69, 9.17) is 14.3 Å². The third-order valence-corrected chi connectivity index (χ3v) is 1.56. The van der Waals surface area contributed by atoms with Crippen molar-refractivity contribution in [2.45, 2.75) is 13.3 Å². The fourth-order valence-electron chi connectivity index (χ4n) is 0.946. The molecule has 0 atom stereocenters. The van der Waals surface area contributed by atoms with Gasteiger partial charge in [-0.2, -0.15) is 0 Å². The number of oxazole rings is 1. The molecule has 0 amide bonds. The lowest BCUT2D eigenvalue weighted by Gasteiger charge is -1.91. The molecule has 0 aliphatic carbocycles. The normalized spacial score (nSPS) is 10.3. The van der Waals surface area contributed by atoms with Gasteiger partial charge in [-0.25, -0.2) is 9.78 Å². The highest BCUT2D eigenvalue weighted by molar-refractivity contribution is 5.86. The van der Waals surface area contributed by atoms with E-state index in [1.54, 1.807) is 14.0 Å². The average Bonchev–Trinajstić information content (AvgIpc) is 2.43. The Labute approximate surface area is 75.3 Å². The van der Waals surface area contributed by atoms with Crippen molar-refractivity contribution in [3.63, 3.8) is 0 Å². The van der Waals surface area contributed by atoms with Gasteiger partial charge in [0, 0.05) is 13.5 Å². The van der Waals surface area contributed by atoms with Crippen LogP contribution in [0.25, 0.3) is 0 Å². The minimum Gasteiger partial charge on any atom is -0.476 e. The Morgan fingerprint density at radius 1 is 1.69 bits per heavy atom. The summed E-state index contributed by atoms with van der Waals surface area (Å²) in [6.07, 6.45) is 0.491. The molecule has 0 bridgehead atoms. The predicted molar refractivity (Wildman–Crippen MR) is 43.8 cm³/mol. The van der Waals surface area contributed by atoms with Crippen LogP contribution in [0.15, 0.2) is 4.42 Å². The number of rotatable bonds is 4. The van der Waals surface area contributed by atoms with E-state index in [1.165, 1.54) is 0 Å². The fourth-order valence-corrected chi connectivity index (χ4v) is 0.946. The zero-order valence-corrected chi connectivity index (χ0v) is 7.53. The molecular weight excluding hydrogens is 174 g/mol. The number of nitrogens with zero attached hydrogens (tertiary/aromatic N) is 1. The molecule has 0 saturated heterocycles. The summed E-state index contributed by atoms with van der Waals surface area (Å²) >= 11 is 0. The topological polar surface area (TPSA) is 72.6 Å². The second kappa shape index (κ2) is 4.04. The average molecular weight is 185 g/mol. The molecule has 1 aromatic rings. The molecule has 1 N–H and O–H groups in total. The maximum absolute atomic E-state index is 10.6. The quantitative estimate of drug-likeness (QED) is 0.753. The summed E-state index contributed by atoms with van der Waals surface area (Å²) in [4.78, 5) is 14.4. The second-order valence-corrected chi connectivity index (χ2v) is 2.56. The van der Waals surface area contributed by atoms with Crippen LogP contribution in [0.5, 0.6) is 0 Å². The van der Waals surface area contributed by atoms with Crippen LogP contribution >= 0.6 is 0 Å². The number of aryl methyl sites for hydroxylation is 1. The number of ether oxygens (including phenoxy) is 1. The zero-order valence-electron chi connectivity index (χ0n) is 7.53. The highest BCUT2D eigenvalue weighted by Crippen LogP contribution is 2.10. The van der Waals surface area contributed by atoms with Gasteiger partial charge in [-0.15, -0.1) is 0 Å². The fraction of sp³-hybridized carbons (Fsp3) is 0.500. The van der Waals surface area contributed by atoms with Gasteiger partial charge in [0.05, 0.1) is 6.61 Å². The van der Waals surface area contributed by atoms with Gasteiger partial charge in [-0.05, 0) is 6.92 Å². The minimum atomic E-state index is -1.06. The third kappa shape index (κ3) is 2.29. The highest BCUT2D eigenvalue weighted by Gasteiger charge is 2.15. The number of carboxylic acid groups (broad SMARTS) is 1. The predicted octanol–water partition coefficient (Wildman–Crippen LogP) is 0.870. The molecule has 0 aliphatic heterocycles. The van der Waals surface area contributed by atoms with E-state index in [2.05, 4.69) is 4.98 Å². The van der Waals surface area contributed by atoms with Crippen molar-refractivity contribution in [1.82, 2.24) is 4.98 Å². The number of hydrogen-bond acceptors (Lipinski definition) is 4. The lowest BCUT2D eigenvalue weighted by molar-refractivity contribution is 0.0689. The van der Waals surface area contributed by atoms with Gasteiger partial charge in [0.2, 0.25) is 0 Å². The zero-order chi connectivity index (χ0) is 9.84. The van der Waals surface area contributed by atoms with Gasteiger partial charge < -0.3 is 14.3 Å².